The minimum absolute atomic E-state index is 0.0155. The summed E-state index contributed by atoms with van der Waals surface area (Å²) < 4.78 is 226. The largest absolute Gasteiger partial charge is 0.533 e. The SMILES string of the molecule is Fc1c(F)c(F)c([Si](OC2=CCCCCC2)(c2c(F)c(F)c(F)c(F)c2F)c2c(F)c(F)c(F)c(F)c2F)c(F)c1F. The highest BCUT2D eigenvalue weighted by molar-refractivity contribution is 7.07. The smallest absolute Gasteiger partial charge is 0.364 e. The van der Waals surface area contributed by atoms with Crippen LogP contribution in [0.25, 0.3) is 0 Å². The Kier molecular flexibility index (Phi) is 8.36. The summed E-state index contributed by atoms with van der Waals surface area (Å²) >= 11 is 0. The summed E-state index contributed by atoms with van der Waals surface area (Å²) in [5, 5.41) is -8.14. The topological polar surface area (TPSA) is 9.23 Å². The summed E-state index contributed by atoms with van der Waals surface area (Å²) in [5.41, 5.74) is 0. The fourth-order valence-corrected chi connectivity index (χ4v) is 8.69. The highest BCUT2D eigenvalue weighted by Gasteiger charge is 2.59. The maximum Gasteiger partial charge on any atom is 0.364 e. The van der Waals surface area contributed by atoms with Crippen molar-refractivity contribution in [2.24, 2.45) is 0 Å². The van der Waals surface area contributed by atoms with Crippen LogP contribution in [0.15, 0.2) is 11.8 Å². The molecule has 4 rings (SSSR count). The van der Waals surface area contributed by atoms with Crippen LogP contribution < -0.4 is 15.6 Å². The van der Waals surface area contributed by atoms with Gasteiger partial charge in [-0.15, -0.1) is 0 Å². The molecular weight excluding hydrogens is 629 g/mol. The van der Waals surface area contributed by atoms with E-state index in [1.165, 1.54) is 0 Å². The van der Waals surface area contributed by atoms with Gasteiger partial charge in [0.15, 0.2) is 69.8 Å². The van der Waals surface area contributed by atoms with Crippen molar-refractivity contribution in [2.45, 2.75) is 32.1 Å². The lowest BCUT2D eigenvalue weighted by atomic mass is 10.2. The Hall–Kier alpha value is -3.63. The molecule has 0 fully saturated rings. The van der Waals surface area contributed by atoms with E-state index in [0.717, 1.165) is 6.08 Å². The molecule has 0 spiro atoms. The number of hydrogen-bond acceptors (Lipinski definition) is 1. The van der Waals surface area contributed by atoms with Crippen molar-refractivity contribution in [3.05, 3.63) is 99.1 Å². The fraction of sp³-hybridized carbons (Fsp3) is 0.200. The standard InChI is InChI=1S/C25H11F15OSi/c26-8-11(29)17(35)23(18(36)12(8)30)42(41-7-5-3-1-2-4-6-7,24-19(37)13(31)9(27)14(32)20(24)38)25-21(39)15(33)10(28)16(34)22(25)40/h5H,1-4,6H2. The molecule has 0 radical (unpaired) electrons. The quantitative estimate of drug-likeness (QED) is 0.100. The van der Waals surface area contributed by atoms with Gasteiger partial charge in [-0.1, -0.05) is 6.42 Å². The molecule has 0 N–H and O–H groups in total. The van der Waals surface area contributed by atoms with Gasteiger partial charge >= 0.3 is 8.32 Å². The van der Waals surface area contributed by atoms with Gasteiger partial charge in [0, 0.05) is 6.42 Å². The number of benzene rings is 3. The molecule has 0 atom stereocenters. The monoisotopic (exact) mass is 640 g/mol. The molecule has 1 aliphatic carbocycles. The van der Waals surface area contributed by atoms with Gasteiger partial charge < -0.3 is 4.43 Å². The highest BCUT2D eigenvalue weighted by atomic mass is 28.4. The van der Waals surface area contributed by atoms with E-state index >= 15 is 26.3 Å². The van der Waals surface area contributed by atoms with Crippen LogP contribution in [0.2, 0.25) is 0 Å². The normalized spacial score (nSPS) is 14.2. The average molecular weight is 640 g/mol. The van der Waals surface area contributed by atoms with Crippen LogP contribution in [0.3, 0.4) is 0 Å². The second kappa shape index (κ2) is 11.2. The Bertz CT molecular complexity index is 1400. The van der Waals surface area contributed by atoms with Crippen molar-refractivity contribution in [1.29, 1.82) is 0 Å². The van der Waals surface area contributed by atoms with Gasteiger partial charge in [0.05, 0.1) is 21.3 Å². The Morgan fingerprint density at radius 1 is 0.381 bits per heavy atom. The summed E-state index contributed by atoms with van der Waals surface area (Å²) in [7, 11) is -7.32. The molecule has 0 aliphatic heterocycles. The van der Waals surface area contributed by atoms with Crippen molar-refractivity contribution >= 4 is 23.9 Å². The molecule has 226 valence electrons. The van der Waals surface area contributed by atoms with Crippen molar-refractivity contribution in [1.82, 2.24) is 0 Å². The summed E-state index contributed by atoms with van der Waals surface area (Å²) in [5.74, 6) is -46.5. The first-order valence-electron chi connectivity index (χ1n) is 11.5. The number of allylic oxidation sites excluding steroid dienone is 2. The summed E-state index contributed by atoms with van der Waals surface area (Å²) in [6.07, 6.45) is 1.00. The maximum atomic E-state index is 15.4. The van der Waals surface area contributed by atoms with Gasteiger partial charge in [0.1, 0.15) is 0 Å². The van der Waals surface area contributed by atoms with E-state index in [-0.39, 0.29) is 12.8 Å². The first-order valence-corrected chi connectivity index (χ1v) is 13.5. The molecule has 0 bridgehead atoms. The molecule has 0 amide bonds. The third-order valence-electron chi connectivity index (χ3n) is 6.47. The molecule has 1 nitrogen and oxygen atoms in total. The molecule has 3 aromatic rings. The Morgan fingerprint density at radius 3 is 0.976 bits per heavy atom. The highest BCUT2D eigenvalue weighted by Crippen LogP contribution is 2.31. The zero-order chi connectivity index (χ0) is 31.4. The first kappa shape index (κ1) is 31.3. The molecule has 0 saturated carbocycles. The molecule has 17 heteroatoms. The fourth-order valence-electron chi connectivity index (χ4n) is 4.54. The predicted molar refractivity (Wildman–Crippen MR) is 116 cm³/mol. The minimum Gasteiger partial charge on any atom is -0.533 e. The predicted octanol–water partition coefficient (Wildman–Crippen LogP) is 6.60. The maximum absolute atomic E-state index is 15.4. The van der Waals surface area contributed by atoms with Crippen LogP contribution in [-0.4, -0.2) is 8.32 Å². The van der Waals surface area contributed by atoms with E-state index in [1.807, 2.05) is 0 Å². The van der Waals surface area contributed by atoms with E-state index in [0.29, 0.717) is 12.8 Å². The lowest BCUT2D eigenvalue weighted by Crippen LogP contribution is -2.75. The first-order chi connectivity index (χ1) is 19.6. The van der Waals surface area contributed by atoms with Gasteiger partial charge in [-0.2, -0.15) is 0 Å². The molecule has 0 unspecified atom stereocenters. The second-order valence-electron chi connectivity index (χ2n) is 8.89. The van der Waals surface area contributed by atoms with Crippen molar-refractivity contribution in [3.63, 3.8) is 0 Å². The van der Waals surface area contributed by atoms with Gasteiger partial charge in [-0.3, -0.25) is 0 Å². The van der Waals surface area contributed by atoms with Crippen LogP contribution in [-0.2, 0) is 4.43 Å². The van der Waals surface area contributed by atoms with E-state index in [1.54, 1.807) is 0 Å². The van der Waals surface area contributed by atoms with Crippen molar-refractivity contribution in [3.8, 4) is 0 Å². The zero-order valence-corrected chi connectivity index (χ0v) is 21.2. The van der Waals surface area contributed by atoms with E-state index in [9.17, 15) is 39.5 Å². The van der Waals surface area contributed by atoms with Crippen molar-refractivity contribution < 1.29 is 70.3 Å². The molecule has 1 aliphatic rings. The second-order valence-corrected chi connectivity index (χ2v) is 12.0. The molecule has 3 aromatic carbocycles. The minimum atomic E-state index is -7.32. The third kappa shape index (κ3) is 4.52. The molecule has 42 heavy (non-hydrogen) atoms. The Morgan fingerprint density at radius 2 is 0.667 bits per heavy atom. The van der Waals surface area contributed by atoms with Crippen molar-refractivity contribution in [2.75, 3.05) is 0 Å². The van der Waals surface area contributed by atoms with Crippen LogP contribution in [0.1, 0.15) is 32.1 Å². The average Bonchev–Trinajstić information content (AvgIpc) is 3.23. The van der Waals surface area contributed by atoms with Crippen LogP contribution >= 0.6 is 0 Å². The molecule has 0 aromatic heterocycles. The van der Waals surface area contributed by atoms with Crippen LogP contribution in [0.5, 0.6) is 0 Å². The van der Waals surface area contributed by atoms with Gasteiger partial charge in [0.25, 0.3) is 0 Å². The summed E-state index contributed by atoms with van der Waals surface area (Å²) in [6, 6.07) is 0. The molecule has 0 saturated heterocycles. The lowest BCUT2D eigenvalue weighted by Gasteiger charge is -2.35. The van der Waals surface area contributed by atoms with Gasteiger partial charge in [0.2, 0.25) is 17.5 Å². The third-order valence-corrected chi connectivity index (χ3v) is 10.5. The van der Waals surface area contributed by atoms with Crippen LogP contribution in [0, 0.1) is 87.3 Å². The van der Waals surface area contributed by atoms with E-state index < -0.39 is 123 Å². The van der Waals surface area contributed by atoms with Crippen LogP contribution in [0.4, 0.5) is 65.9 Å². The number of hydrogen-bond donors (Lipinski definition) is 0. The van der Waals surface area contributed by atoms with Gasteiger partial charge in [-0.05, 0) is 25.3 Å². The Labute approximate surface area is 226 Å². The van der Waals surface area contributed by atoms with E-state index in [2.05, 4.69) is 0 Å². The summed E-state index contributed by atoms with van der Waals surface area (Å²) in [6.45, 7) is 0. The Balaban J connectivity index is 2.42. The van der Waals surface area contributed by atoms with E-state index in [4.69, 9.17) is 4.43 Å². The molecule has 0 heterocycles. The zero-order valence-electron chi connectivity index (χ0n) is 20.2. The van der Waals surface area contributed by atoms with Gasteiger partial charge in [-0.25, -0.2) is 65.9 Å². The lowest BCUT2D eigenvalue weighted by molar-refractivity contribution is 0.361. The number of rotatable bonds is 5. The molecular formula is C25H11F15OSi. The summed E-state index contributed by atoms with van der Waals surface area (Å²) in [4.78, 5) is 0. The number of halogens is 15.